The molecule has 0 heterocycles. The summed E-state index contributed by atoms with van der Waals surface area (Å²) in [6, 6.07) is 5.88. The van der Waals surface area contributed by atoms with Crippen LogP contribution in [-0.2, 0) is 11.2 Å². The van der Waals surface area contributed by atoms with Gasteiger partial charge in [-0.3, -0.25) is 4.79 Å². The molecule has 0 aromatic heterocycles. The molecule has 0 unspecified atom stereocenters. The number of carboxylic acid groups (broad SMARTS) is 1. The maximum absolute atomic E-state index is 10.6. The fourth-order valence-corrected chi connectivity index (χ4v) is 2.26. The van der Waals surface area contributed by atoms with Crippen molar-refractivity contribution in [2.24, 2.45) is 5.92 Å². The molecule has 0 bridgehead atoms. The highest BCUT2D eigenvalue weighted by molar-refractivity contribution is 5.67. The molecule has 80 valence electrons. The van der Waals surface area contributed by atoms with Crippen molar-refractivity contribution in [3.8, 4) is 0 Å². The van der Waals surface area contributed by atoms with Gasteiger partial charge >= 0.3 is 5.97 Å². The number of carboxylic acids is 1. The summed E-state index contributed by atoms with van der Waals surface area (Å²) in [5.74, 6) is -1.01. The van der Waals surface area contributed by atoms with Crippen LogP contribution in [0.5, 0.6) is 0 Å². The number of rotatable bonds is 2. The van der Waals surface area contributed by atoms with Gasteiger partial charge in [0, 0.05) is 5.92 Å². The van der Waals surface area contributed by atoms with E-state index in [1.165, 1.54) is 0 Å². The molecule has 2 rings (SSSR count). The van der Waals surface area contributed by atoms with Crippen molar-refractivity contribution in [2.45, 2.75) is 25.9 Å². The van der Waals surface area contributed by atoms with Crippen molar-refractivity contribution in [2.75, 3.05) is 0 Å². The Labute approximate surface area is 88.4 Å². The van der Waals surface area contributed by atoms with E-state index in [0.29, 0.717) is 6.42 Å². The molecule has 1 aliphatic carbocycles. The zero-order chi connectivity index (χ0) is 11.0. The zero-order valence-corrected chi connectivity index (χ0v) is 8.60. The summed E-state index contributed by atoms with van der Waals surface area (Å²) in [5, 5.41) is 18.6. The number of aliphatic hydroxyl groups excluding tert-OH is 1. The second kappa shape index (κ2) is 3.66. The van der Waals surface area contributed by atoms with Crippen LogP contribution in [0.2, 0.25) is 0 Å². The second-order valence-electron chi connectivity index (χ2n) is 4.21. The topological polar surface area (TPSA) is 57.5 Å². The van der Waals surface area contributed by atoms with E-state index in [0.717, 1.165) is 16.7 Å². The Hall–Kier alpha value is -1.35. The Morgan fingerprint density at radius 2 is 2.27 bits per heavy atom. The van der Waals surface area contributed by atoms with Gasteiger partial charge in [-0.25, -0.2) is 0 Å². The van der Waals surface area contributed by atoms with Gasteiger partial charge in [0.2, 0.25) is 0 Å². The summed E-state index contributed by atoms with van der Waals surface area (Å²) in [4.78, 5) is 10.6. The number of benzene rings is 1. The van der Waals surface area contributed by atoms with Gasteiger partial charge < -0.3 is 10.2 Å². The largest absolute Gasteiger partial charge is 0.481 e. The van der Waals surface area contributed by atoms with E-state index >= 15 is 0 Å². The van der Waals surface area contributed by atoms with Crippen molar-refractivity contribution < 1.29 is 15.0 Å². The summed E-state index contributed by atoms with van der Waals surface area (Å²) in [5.41, 5.74) is 3.14. The van der Waals surface area contributed by atoms with Gasteiger partial charge in [0.1, 0.15) is 0 Å². The molecule has 1 aromatic carbocycles. The molecule has 15 heavy (non-hydrogen) atoms. The van der Waals surface area contributed by atoms with Crippen molar-refractivity contribution >= 4 is 5.97 Å². The summed E-state index contributed by atoms with van der Waals surface area (Å²) >= 11 is 0. The smallest absolute Gasteiger partial charge is 0.303 e. The Bertz CT molecular complexity index is 398. The van der Waals surface area contributed by atoms with E-state index in [1.54, 1.807) is 0 Å². The second-order valence-corrected chi connectivity index (χ2v) is 4.21. The predicted molar refractivity (Wildman–Crippen MR) is 55.6 cm³/mol. The summed E-state index contributed by atoms with van der Waals surface area (Å²) in [6.45, 7) is 2.00. The van der Waals surface area contributed by atoms with Crippen LogP contribution in [-0.4, -0.2) is 16.2 Å². The van der Waals surface area contributed by atoms with Gasteiger partial charge in [0.05, 0.1) is 12.5 Å². The first-order valence-corrected chi connectivity index (χ1v) is 5.07. The Morgan fingerprint density at radius 3 is 2.93 bits per heavy atom. The first kappa shape index (κ1) is 10.2. The van der Waals surface area contributed by atoms with E-state index in [9.17, 15) is 9.90 Å². The van der Waals surface area contributed by atoms with E-state index in [4.69, 9.17) is 5.11 Å². The molecule has 0 radical (unpaired) electrons. The minimum absolute atomic E-state index is 0.0366. The van der Waals surface area contributed by atoms with Crippen molar-refractivity contribution in [1.29, 1.82) is 0 Å². The average Bonchev–Trinajstić information content (AvgIpc) is 2.42. The van der Waals surface area contributed by atoms with E-state index < -0.39 is 12.1 Å². The molecule has 0 spiro atoms. The number of aryl methyl sites for hydroxylation is 1. The number of fused-ring (bicyclic) bond motifs is 1. The number of hydrogen-bond acceptors (Lipinski definition) is 2. The molecule has 2 N–H and O–H groups in total. The first-order valence-electron chi connectivity index (χ1n) is 5.07. The number of aliphatic hydroxyl groups is 1. The molecule has 3 nitrogen and oxygen atoms in total. The molecular weight excluding hydrogens is 192 g/mol. The monoisotopic (exact) mass is 206 g/mol. The molecule has 0 aliphatic heterocycles. The minimum Gasteiger partial charge on any atom is -0.481 e. The van der Waals surface area contributed by atoms with Crippen LogP contribution in [0.1, 0.15) is 29.2 Å². The summed E-state index contributed by atoms with van der Waals surface area (Å²) < 4.78 is 0. The Balaban J connectivity index is 2.25. The van der Waals surface area contributed by atoms with Gasteiger partial charge in [0.25, 0.3) is 0 Å². The normalized spacial score (nSPS) is 23.9. The molecule has 1 aromatic rings. The highest BCUT2D eigenvalue weighted by atomic mass is 16.4. The van der Waals surface area contributed by atoms with Gasteiger partial charge in [-0.2, -0.15) is 0 Å². The van der Waals surface area contributed by atoms with Crippen LogP contribution >= 0.6 is 0 Å². The number of aliphatic carboxylic acids is 1. The van der Waals surface area contributed by atoms with E-state index in [1.807, 2.05) is 25.1 Å². The molecule has 0 amide bonds. The minimum atomic E-state index is -0.844. The molecule has 0 saturated heterocycles. The van der Waals surface area contributed by atoms with E-state index in [-0.39, 0.29) is 12.3 Å². The maximum Gasteiger partial charge on any atom is 0.303 e. The Morgan fingerprint density at radius 1 is 1.53 bits per heavy atom. The van der Waals surface area contributed by atoms with E-state index in [2.05, 4.69) is 0 Å². The highest BCUT2D eigenvalue weighted by Crippen LogP contribution is 2.38. The predicted octanol–water partition coefficient (Wildman–Crippen LogP) is 1.68. The van der Waals surface area contributed by atoms with Crippen LogP contribution in [0.4, 0.5) is 0 Å². The fourth-order valence-electron chi connectivity index (χ4n) is 2.26. The third-order valence-corrected chi connectivity index (χ3v) is 2.98. The van der Waals surface area contributed by atoms with Crippen LogP contribution in [0.3, 0.4) is 0 Å². The summed E-state index contributed by atoms with van der Waals surface area (Å²) in [7, 11) is 0. The van der Waals surface area contributed by atoms with Gasteiger partial charge in [-0.1, -0.05) is 23.8 Å². The quantitative estimate of drug-likeness (QED) is 0.774. The van der Waals surface area contributed by atoms with Crippen molar-refractivity contribution in [3.63, 3.8) is 0 Å². The lowest BCUT2D eigenvalue weighted by molar-refractivity contribution is -0.139. The average molecular weight is 206 g/mol. The molecule has 1 aliphatic rings. The molecule has 0 fully saturated rings. The van der Waals surface area contributed by atoms with Gasteiger partial charge in [0.15, 0.2) is 0 Å². The van der Waals surface area contributed by atoms with Crippen LogP contribution in [0.25, 0.3) is 0 Å². The molecule has 3 heteroatoms. The van der Waals surface area contributed by atoms with Crippen molar-refractivity contribution in [1.82, 2.24) is 0 Å². The third-order valence-electron chi connectivity index (χ3n) is 2.98. The summed E-state index contributed by atoms with van der Waals surface area (Å²) in [6.07, 6.45) is 0.0935. The fraction of sp³-hybridized carbons (Fsp3) is 0.417. The zero-order valence-electron chi connectivity index (χ0n) is 8.60. The molecule has 0 saturated carbocycles. The van der Waals surface area contributed by atoms with Crippen LogP contribution in [0, 0.1) is 12.8 Å². The lowest BCUT2D eigenvalue weighted by atomic mass is 10.00. The maximum atomic E-state index is 10.6. The lowest BCUT2D eigenvalue weighted by Gasteiger charge is -2.11. The number of carbonyl (C=O) groups is 1. The van der Waals surface area contributed by atoms with Gasteiger partial charge in [-0.05, 0) is 24.5 Å². The Kier molecular flexibility index (Phi) is 2.49. The highest BCUT2D eigenvalue weighted by Gasteiger charge is 2.32. The lowest BCUT2D eigenvalue weighted by Crippen LogP contribution is -2.12. The first-order chi connectivity index (χ1) is 7.08. The molecular formula is C12H14O3. The van der Waals surface area contributed by atoms with Gasteiger partial charge in [-0.15, -0.1) is 0 Å². The van der Waals surface area contributed by atoms with Crippen molar-refractivity contribution in [3.05, 3.63) is 34.9 Å². The van der Waals surface area contributed by atoms with Crippen LogP contribution < -0.4 is 0 Å². The standard InChI is InChI=1S/C12H14O3/c1-7-2-3-10-8(4-7)5-9(12(10)15)6-11(13)14/h2-4,9,12,15H,5-6H2,1H3,(H,13,14)/t9-,12-/m0/s1. The SMILES string of the molecule is Cc1ccc2c(c1)C[C@@H](CC(=O)O)[C@@H]2O. The number of hydrogen-bond donors (Lipinski definition) is 2. The van der Waals surface area contributed by atoms with Crippen LogP contribution in [0.15, 0.2) is 18.2 Å². The third kappa shape index (κ3) is 1.88. The molecule has 2 atom stereocenters.